The van der Waals surface area contributed by atoms with E-state index < -0.39 is 6.03 Å². The van der Waals surface area contributed by atoms with Gasteiger partial charge in [0.2, 0.25) is 11.8 Å². The van der Waals surface area contributed by atoms with Crippen molar-refractivity contribution in [3.8, 4) is 33.8 Å². The number of carbonyl (C=O) groups is 3. The van der Waals surface area contributed by atoms with Gasteiger partial charge in [0.05, 0.1) is 52.5 Å². The van der Waals surface area contributed by atoms with Crippen LogP contribution in [0.15, 0.2) is 54.9 Å². The number of carbonyl (C=O) groups excluding carboxylic acids is 3. The molecule has 0 bridgehead atoms. The van der Waals surface area contributed by atoms with E-state index in [2.05, 4.69) is 47.1 Å². The van der Waals surface area contributed by atoms with E-state index in [1.807, 2.05) is 49.6 Å². The Morgan fingerprint density at radius 1 is 1.05 bits per heavy atom. The van der Waals surface area contributed by atoms with E-state index in [0.717, 1.165) is 94.9 Å². The van der Waals surface area contributed by atoms with E-state index >= 15 is 0 Å². The third-order valence-corrected chi connectivity index (χ3v) is 12.3. The zero-order chi connectivity index (χ0) is 38.3. The van der Waals surface area contributed by atoms with Crippen LogP contribution in [0.25, 0.3) is 27.5 Å². The van der Waals surface area contributed by atoms with Crippen molar-refractivity contribution in [2.45, 2.75) is 50.1 Å². The third-order valence-electron chi connectivity index (χ3n) is 11.2. The van der Waals surface area contributed by atoms with Crippen LogP contribution in [0, 0.1) is 11.3 Å². The smallest absolute Gasteiger partial charge is 0.328 e. The van der Waals surface area contributed by atoms with Crippen molar-refractivity contribution >= 4 is 51.8 Å². The molecule has 17 heteroatoms. The molecule has 3 aliphatic heterocycles. The first-order chi connectivity index (χ1) is 27.3. The molecular weight excluding hydrogens is 733 g/mol. The number of piperazine rings is 1. The van der Waals surface area contributed by atoms with Crippen LogP contribution in [-0.4, -0.2) is 106 Å². The molecule has 286 valence electrons. The quantitative estimate of drug-likeness (QED) is 0.206. The maximum Gasteiger partial charge on any atom is 0.328 e. The molecule has 1 atom stereocenters. The molecule has 4 aliphatic rings. The van der Waals surface area contributed by atoms with Gasteiger partial charge in [0.25, 0.3) is 0 Å². The second kappa shape index (κ2) is 14.8. The van der Waals surface area contributed by atoms with Gasteiger partial charge in [-0.1, -0.05) is 11.3 Å². The first kappa shape index (κ1) is 35.6. The number of rotatable bonds is 8. The summed E-state index contributed by atoms with van der Waals surface area (Å²) in [5, 5.41) is 33.6. The molecule has 1 unspecified atom stereocenters. The summed E-state index contributed by atoms with van der Waals surface area (Å²) in [5.74, 6) is 0.798. The zero-order valence-electron chi connectivity index (χ0n) is 30.8. The number of hydrogen-bond acceptors (Lipinski definition) is 13. The Balaban J connectivity index is 0.765. The Kier molecular flexibility index (Phi) is 9.43. The van der Waals surface area contributed by atoms with Gasteiger partial charge >= 0.3 is 6.03 Å². The number of imide groups is 1. The second-order valence-corrected chi connectivity index (χ2v) is 15.6. The topological polar surface area (TPSA) is 186 Å². The molecule has 0 radical (unpaired) electrons. The lowest BCUT2D eigenvalue weighted by Crippen LogP contribution is -2.58. The molecule has 1 aliphatic carbocycles. The number of anilines is 3. The molecule has 1 aromatic carbocycles. The van der Waals surface area contributed by atoms with Crippen LogP contribution in [-0.2, 0) is 9.59 Å². The van der Waals surface area contributed by atoms with E-state index in [4.69, 9.17) is 9.72 Å². The van der Waals surface area contributed by atoms with Crippen LogP contribution in [0.5, 0.6) is 5.75 Å². The number of benzene rings is 1. The Bertz CT molecular complexity index is 2380. The summed E-state index contributed by atoms with van der Waals surface area (Å²) < 4.78 is 7.94. The summed E-state index contributed by atoms with van der Waals surface area (Å²) in [7, 11) is 1.87. The lowest BCUT2D eigenvalue weighted by Gasteiger charge is -2.45. The highest BCUT2D eigenvalue weighted by Gasteiger charge is 2.35. The van der Waals surface area contributed by atoms with Gasteiger partial charge in [-0.05, 0) is 62.1 Å². The lowest BCUT2D eigenvalue weighted by atomic mass is 9.86. The zero-order valence-corrected chi connectivity index (χ0v) is 31.6. The summed E-state index contributed by atoms with van der Waals surface area (Å²) in [4.78, 5) is 48.0. The van der Waals surface area contributed by atoms with Gasteiger partial charge in [0.1, 0.15) is 23.4 Å². The SMILES string of the molecule is CNc1cc(-c2ccc3cc(C#N)cnn23)ncc1-c1nnc(C2CCC(NC(=O)CN3CCN4c5ccc(N6CCC(=O)NC6=O)cc5OCC4C3)CC2)s1. The predicted molar refractivity (Wildman–Crippen MR) is 210 cm³/mol. The van der Waals surface area contributed by atoms with Gasteiger partial charge in [-0.3, -0.25) is 29.7 Å². The van der Waals surface area contributed by atoms with Gasteiger partial charge in [-0.15, -0.1) is 10.2 Å². The van der Waals surface area contributed by atoms with E-state index in [-0.39, 0.29) is 36.2 Å². The van der Waals surface area contributed by atoms with Gasteiger partial charge < -0.3 is 20.3 Å². The number of aromatic nitrogens is 5. The summed E-state index contributed by atoms with van der Waals surface area (Å²) in [6.07, 6.45) is 7.26. The minimum Gasteiger partial charge on any atom is -0.489 e. The van der Waals surface area contributed by atoms with Gasteiger partial charge in [0, 0.05) is 75.2 Å². The average Bonchev–Trinajstić information content (AvgIpc) is 3.88. The Labute approximate surface area is 326 Å². The number of ether oxygens (including phenoxy) is 1. The summed E-state index contributed by atoms with van der Waals surface area (Å²) in [6.45, 7) is 3.42. The first-order valence-corrected chi connectivity index (χ1v) is 19.7. The van der Waals surface area contributed by atoms with Gasteiger partial charge in [-0.2, -0.15) is 10.4 Å². The Hall–Kier alpha value is -6.12. The van der Waals surface area contributed by atoms with Crippen LogP contribution in [0.1, 0.15) is 48.6 Å². The van der Waals surface area contributed by atoms with Crippen LogP contribution in [0.3, 0.4) is 0 Å². The molecule has 3 fully saturated rings. The number of nitriles is 1. The Morgan fingerprint density at radius 3 is 2.75 bits per heavy atom. The van der Waals surface area contributed by atoms with Crippen molar-refractivity contribution in [3.05, 3.63) is 65.4 Å². The van der Waals surface area contributed by atoms with Crippen molar-refractivity contribution < 1.29 is 19.1 Å². The highest BCUT2D eigenvalue weighted by Crippen LogP contribution is 2.40. The second-order valence-electron chi connectivity index (χ2n) is 14.6. The predicted octanol–water partition coefficient (Wildman–Crippen LogP) is 4.00. The molecule has 1 saturated carbocycles. The van der Waals surface area contributed by atoms with Crippen LogP contribution in [0.4, 0.5) is 21.9 Å². The standard InChI is InChI=1S/C39H40N12O4S/c1-41-30-16-31(32-8-7-27-14-23(17-40)18-43-51(27)32)42-19-29(30)38-47-46-37(56-38)24-2-4-25(5-3-24)44-36(53)21-48-12-13-49-28(20-48)22-55-34-15-26(6-9-33(34)49)50-11-10-35(52)45-39(50)54/h6-9,14-16,18-19,24-25,28H,2-5,10-13,20-22H2,1H3,(H,41,42)(H,44,53)(H,45,52,54). The number of nitrogens with zero attached hydrogens (tertiary/aromatic N) is 9. The highest BCUT2D eigenvalue weighted by atomic mass is 32.1. The van der Waals surface area contributed by atoms with E-state index in [0.29, 0.717) is 30.9 Å². The molecule has 2 saturated heterocycles. The average molecular weight is 773 g/mol. The molecule has 4 aromatic heterocycles. The number of hydrogen-bond donors (Lipinski definition) is 3. The normalized spacial score (nSPS) is 21.1. The third kappa shape index (κ3) is 6.86. The maximum absolute atomic E-state index is 13.2. The van der Waals surface area contributed by atoms with E-state index in [1.54, 1.807) is 33.0 Å². The number of pyridine rings is 1. The fourth-order valence-electron chi connectivity index (χ4n) is 8.24. The molecule has 16 nitrogen and oxygen atoms in total. The van der Waals surface area contributed by atoms with Crippen molar-refractivity contribution in [2.24, 2.45) is 0 Å². The minimum atomic E-state index is -0.416. The first-order valence-electron chi connectivity index (χ1n) is 18.9. The number of amides is 4. The van der Waals surface area contributed by atoms with Gasteiger partial charge in [-0.25, -0.2) is 9.31 Å². The van der Waals surface area contributed by atoms with Crippen LogP contribution >= 0.6 is 11.3 Å². The minimum absolute atomic E-state index is 0.0477. The van der Waals surface area contributed by atoms with E-state index in [9.17, 15) is 19.6 Å². The highest BCUT2D eigenvalue weighted by molar-refractivity contribution is 7.14. The molecule has 9 rings (SSSR count). The van der Waals surface area contributed by atoms with Crippen molar-refractivity contribution in [3.63, 3.8) is 0 Å². The molecule has 0 spiro atoms. The molecule has 7 heterocycles. The fourth-order valence-corrected chi connectivity index (χ4v) is 9.28. The Morgan fingerprint density at radius 2 is 1.93 bits per heavy atom. The molecular formula is C39H40N12O4S. The molecule has 3 N–H and O–H groups in total. The van der Waals surface area contributed by atoms with Gasteiger partial charge in [0.15, 0.2) is 5.01 Å². The van der Waals surface area contributed by atoms with Crippen LogP contribution < -0.4 is 30.5 Å². The number of urea groups is 1. The summed E-state index contributed by atoms with van der Waals surface area (Å²) in [5.41, 5.74) is 6.35. The molecule has 56 heavy (non-hydrogen) atoms. The molecule has 4 amide bonds. The molecule has 5 aromatic rings. The van der Waals surface area contributed by atoms with Crippen molar-refractivity contribution in [1.82, 2.24) is 40.3 Å². The maximum atomic E-state index is 13.2. The lowest BCUT2D eigenvalue weighted by molar-refractivity contribution is -0.123. The number of fused-ring (bicyclic) bond motifs is 4. The largest absolute Gasteiger partial charge is 0.489 e. The van der Waals surface area contributed by atoms with Crippen LogP contribution in [0.2, 0.25) is 0 Å². The van der Waals surface area contributed by atoms with Crippen molar-refractivity contribution in [2.75, 3.05) is 61.5 Å². The summed E-state index contributed by atoms with van der Waals surface area (Å²) >= 11 is 1.59. The number of nitrogens with one attached hydrogen (secondary N) is 3. The van der Waals surface area contributed by atoms with E-state index in [1.165, 1.54) is 0 Å². The fraction of sp³-hybridized carbons (Fsp3) is 0.385. The monoisotopic (exact) mass is 772 g/mol. The van der Waals surface area contributed by atoms with Crippen molar-refractivity contribution in [1.29, 1.82) is 5.26 Å². The summed E-state index contributed by atoms with van der Waals surface area (Å²) in [6, 6.07) is 15.4.